The van der Waals surface area contributed by atoms with E-state index in [1.807, 2.05) is 12.1 Å². The van der Waals surface area contributed by atoms with Crippen molar-refractivity contribution in [3.05, 3.63) is 60.7 Å². The van der Waals surface area contributed by atoms with E-state index in [1.54, 1.807) is 0 Å². The molecule has 138 valence electrons. The van der Waals surface area contributed by atoms with Crippen LogP contribution in [0.15, 0.2) is 60.7 Å². The molecule has 1 atom stereocenters. The maximum Gasteiger partial charge on any atom is 0.414 e. The van der Waals surface area contributed by atoms with E-state index in [9.17, 15) is 0 Å². The molecule has 0 aromatic heterocycles. The van der Waals surface area contributed by atoms with Crippen molar-refractivity contribution >= 4 is 23.3 Å². The Morgan fingerprint density at radius 2 is 1.46 bits per heavy atom. The third-order valence-electron chi connectivity index (χ3n) is 3.71. The van der Waals surface area contributed by atoms with E-state index in [-0.39, 0.29) is 6.10 Å². The molecular weight excluding hydrogens is 336 g/mol. The van der Waals surface area contributed by atoms with Crippen LogP contribution in [0.5, 0.6) is 0 Å². The number of hydrogen-bond acceptors (Lipinski definition) is 5. The summed E-state index contributed by atoms with van der Waals surface area (Å²) in [5, 5.41) is 18.2. The number of aliphatic carboxylic acids is 2. The van der Waals surface area contributed by atoms with Crippen molar-refractivity contribution in [1.29, 1.82) is 0 Å². The second kappa shape index (κ2) is 10.2. The van der Waals surface area contributed by atoms with Crippen LogP contribution in [0.3, 0.4) is 0 Å². The molecule has 0 amide bonds. The van der Waals surface area contributed by atoms with Crippen molar-refractivity contribution < 1.29 is 24.5 Å². The predicted molar refractivity (Wildman–Crippen MR) is 97.8 cm³/mol. The van der Waals surface area contributed by atoms with Crippen LogP contribution in [0.4, 0.5) is 11.4 Å². The van der Waals surface area contributed by atoms with E-state index in [0.29, 0.717) is 0 Å². The first-order chi connectivity index (χ1) is 12.6. The molecule has 1 fully saturated rings. The first-order valence-electron chi connectivity index (χ1n) is 8.24. The van der Waals surface area contributed by atoms with Crippen LogP contribution < -0.4 is 10.2 Å². The van der Waals surface area contributed by atoms with Crippen molar-refractivity contribution in [2.45, 2.75) is 6.10 Å². The smallest absolute Gasteiger partial charge is 0.414 e. The molecule has 7 nitrogen and oxygen atoms in total. The summed E-state index contributed by atoms with van der Waals surface area (Å²) >= 11 is 0. The van der Waals surface area contributed by atoms with E-state index >= 15 is 0 Å². The van der Waals surface area contributed by atoms with Crippen LogP contribution in [0.1, 0.15) is 0 Å². The van der Waals surface area contributed by atoms with Gasteiger partial charge in [0, 0.05) is 24.5 Å². The lowest BCUT2D eigenvalue weighted by Gasteiger charge is -2.32. The Hall–Kier alpha value is -2.90. The van der Waals surface area contributed by atoms with E-state index in [2.05, 4.69) is 58.7 Å². The minimum absolute atomic E-state index is 0.226. The van der Waals surface area contributed by atoms with Crippen molar-refractivity contribution in [2.24, 2.45) is 0 Å². The van der Waals surface area contributed by atoms with Gasteiger partial charge in [-0.05, 0) is 24.3 Å². The van der Waals surface area contributed by atoms with Crippen LogP contribution in [0.2, 0.25) is 0 Å². The molecule has 3 N–H and O–H groups in total. The molecule has 0 saturated carbocycles. The number of carboxylic acid groups (broad SMARTS) is 2. The highest BCUT2D eigenvalue weighted by atomic mass is 16.5. The normalized spacial score (nSPS) is 16.1. The number of nitrogens with one attached hydrogen (secondary N) is 1. The van der Waals surface area contributed by atoms with Crippen LogP contribution in [0, 0.1) is 0 Å². The first kappa shape index (κ1) is 19.4. The molecule has 26 heavy (non-hydrogen) atoms. The van der Waals surface area contributed by atoms with Crippen molar-refractivity contribution in [3.63, 3.8) is 0 Å². The van der Waals surface area contributed by atoms with Crippen LogP contribution in [-0.2, 0) is 14.3 Å². The number of carbonyl (C=O) groups is 2. The molecule has 3 rings (SSSR count). The van der Waals surface area contributed by atoms with Crippen LogP contribution >= 0.6 is 0 Å². The number of anilines is 2. The van der Waals surface area contributed by atoms with Crippen molar-refractivity contribution in [3.8, 4) is 0 Å². The number of morpholine rings is 1. The summed E-state index contributed by atoms with van der Waals surface area (Å²) in [6, 6.07) is 21.0. The molecular formula is C19H22N2O5. The fraction of sp³-hybridized carbons (Fsp3) is 0.263. The molecule has 0 aliphatic carbocycles. The zero-order chi connectivity index (χ0) is 18.8. The maximum atomic E-state index is 9.10. The summed E-state index contributed by atoms with van der Waals surface area (Å²) < 4.78 is 5.85. The van der Waals surface area contributed by atoms with Crippen molar-refractivity contribution in [2.75, 3.05) is 31.1 Å². The van der Waals surface area contributed by atoms with E-state index in [1.165, 1.54) is 11.4 Å². The largest absolute Gasteiger partial charge is 0.473 e. The Bertz CT molecular complexity index is 636. The highest BCUT2D eigenvalue weighted by Gasteiger charge is 2.18. The molecule has 0 radical (unpaired) electrons. The van der Waals surface area contributed by atoms with Crippen LogP contribution in [-0.4, -0.2) is 54.5 Å². The van der Waals surface area contributed by atoms with Gasteiger partial charge in [0.1, 0.15) is 0 Å². The molecule has 1 aliphatic heterocycles. The van der Waals surface area contributed by atoms with E-state index in [4.69, 9.17) is 24.5 Å². The Labute approximate surface area is 151 Å². The zero-order valence-corrected chi connectivity index (χ0v) is 14.2. The Kier molecular flexibility index (Phi) is 7.60. The molecule has 0 bridgehead atoms. The summed E-state index contributed by atoms with van der Waals surface area (Å²) in [4.78, 5) is 20.5. The molecule has 7 heteroatoms. The number of hydrogen-bond donors (Lipinski definition) is 3. The molecule has 1 unspecified atom stereocenters. The maximum absolute atomic E-state index is 9.10. The monoisotopic (exact) mass is 358 g/mol. The lowest BCUT2D eigenvalue weighted by molar-refractivity contribution is -0.159. The summed E-state index contributed by atoms with van der Waals surface area (Å²) in [5.41, 5.74) is 2.40. The second-order valence-electron chi connectivity index (χ2n) is 5.59. The van der Waals surface area contributed by atoms with E-state index < -0.39 is 11.9 Å². The van der Waals surface area contributed by atoms with Gasteiger partial charge in [0.15, 0.2) is 0 Å². The summed E-state index contributed by atoms with van der Waals surface area (Å²) in [6.45, 7) is 3.52. The number of benzene rings is 2. The number of nitrogens with zero attached hydrogens (tertiary/aromatic N) is 1. The fourth-order valence-corrected chi connectivity index (χ4v) is 2.52. The van der Waals surface area contributed by atoms with E-state index in [0.717, 1.165) is 26.2 Å². The summed E-state index contributed by atoms with van der Waals surface area (Å²) in [7, 11) is 0. The van der Waals surface area contributed by atoms with Gasteiger partial charge in [0.2, 0.25) is 0 Å². The third-order valence-corrected chi connectivity index (χ3v) is 3.71. The van der Waals surface area contributed by atoms with Gasteiger partial charge in [0.05, 0.1) is 19.3 Å². The molecule has 1 saturated heterocycles. The third kappa shape index (κ3) is 6.19. The van der Waals surface area contributed by atoms with Gasteiger partial charge in [-0.3, -0.25) is 0 Å². The van der Waals surface area contributed by atoms with Gasteiger partial charge >= 0.3 is 11.9 Å². The summed E-state index contributed by atoms with van der Waals surface area (Å²) in [6.07, 6.45) is 0.226. The molecule has 2 aromatic rings. The van der Waals surface area contributed by atoms with Gasteiger partial charge in [-0.2, -0.15) is 0 Å². The Balaban J connectivity index is 0.000000352. The van der Waals surface area contributed by atoms with Gasteiger partial charge < -0.3 is 25.2 Å². The average molecular weight is 358 g/mol. The Morgan fingerprint density at radius 1 is 0.962 bits per heavy atom. The van der Waals surface area contributed by atoms with Gasteiger partial charge in [-0.1, -0.05) is 36.4 Å². The molecule has 2 aromatic carbocycles. The van der Waals surface area contributed by atoms with Gasteiger partial charge in [0.25, 0.3) is 0 Å². The zero-order valence-electron chi connectivity index (χ0n) is 14.2. The number of carboxylic acids is 2. The topological polar surface area (TPSA) is 99.1 Å². The Morgan fingerprint density at radius 3 is 1.85 bits per heavy atom. The predicted octanol–water partition coefficient (Wildman–Crippen LogP) is 1.97. The minimum atomic E-state index is -1.82. The number of ether oxygens (including phenoxy) is 1. The lowest BCUT2D eigenvalue weighted by atomic mass is 10.2. The molecule has 1 aliphatic rings. The number of para-hydroxylation sites is 2. The average Bonchev–Trinajstić information content (AvgIpc) is 2.69. The van der Waals surface area contributed by atoms with Crippen molar-refractivity contribution in [1.82, 2.24) is 5.32 Å². The van der Waals surface area contributed by atoms with Crippen LogP contribution in [0.25, 0.3) is 0 Å². The number of rotatable bonds is 4. The molecule has 0 spiro atoms. The SMILES string of the molecule is O=C(O)C(=O)O.c1ccc(N(CC2CNCCO2)c2ccccc2)cc1. The summed E-state index contributed by atoms with van der Waals surface area (Å²) in [5.74, 6) is -3.65. The standard InChI is InChI=1S/C17H20N2O.C2H2O4/c1-3-7-15(8-4-1)19(16-9-5-2-6-10-16)14-17-13-18-11-12-20-17;3-1(4)2(5)6/h1-10,17-18H,11-14H2;(H,3,4)(H,5,6). The molecule has 1 heterocycles. The highest BCUT2D eigenvalue weighted by molar-refractivity contribution is 6.27. The fourth-order valence-electron chi connectivity index (χ4n) is 2.52. The van der Waals surface area contributed by atoms with Gasteiger partial charge in [-0.25, -0.2) is 9.59 Å². The second-order valence-corrected chi connectivity index (χ2v) is 5.59. The highest BCUT2D eigenvalue weighted by Crippen LogP contribution is 2.25. The minimum Gasteiger partial charge on any atom is -0.473 e. The first-order valence-corrected chi connectivity index (χ1v) is 8.24. The lowest BCUT2D eigenvalue weighted by Crippen LogP contribution is -2.44. The van der Waals surface area contributed by atoms with Gasteiger partial charge in [-0.15, -0.1) is 0 Å². The quantitative estimate of drug-likeness (QED) is 0.719.